The fraction of sp³-hybridized carbons (Fsp3) is 0. The van der Waals surface area contributed by atoms with Crippen LogP contribution >= 0.6 is 7.29 Å². The number of rotatable bonds is 5. The van der Waals surface area contributed by atoms with E-state index in [1.54, 1.807) is 0 Å². The summed E-state index contributed by atoms with van der Waals surface area (Å²) in [5, 5.41) is 2.63. The number of hydrogen-bond donors (Lipinski definition) is 0. The Kier molecular flexibility index (Phi) is 6.98. The Labute approximate surface area is 300 Å². The molecular formula is C45H30N5OP. The Morgan fingerprint density at radius 2 is 0.981 bits per heavy atom. The number of benzene rings is 7. The molecule has 1 aliphatic rings. The van der Waals surface area contributed by atoms with Crippen LogP contribution in [0.25, 0.3) is 61.4 Å². The minimum Gasteiger partial charge on any atom is -0.309 e. The van der Waals surface area contributed by atoms with E-state index >= 15 is 4.57 Å². The molecule has 0 bridgehead atoms. The van der Waals surface area contributed by atoms with E-state index in [-0.39, 0.29) is 5.57 Å². The molecule has 6 nitrogen and oxygen atoms in total. The number of para-hydroxylation sites is 4. The summed E-state index contributed by atoms with van der Waals surface area (Å²) in [5.74, 6) is 0.930. The van der Waals surface area contributed by atoms with Crippen molar-refractivity contribution in [3.63, 3.8) is 0 Å². The number of anilines is 2. The van der Waals surface area contributed by atoms with Gasteiger partial charge in [-0.1, -0.05) is 140 Å². The maximum Gasteiger partial charge on any atom is 0.271 e. The average Bonchev–Trinajstić information content (AvgIpc) is 3.56. The summed E-state index contributed by atoms with van der Waals surface area (Å²) in [6, 6.07) is 60.9. The second kappa shape index (κ2) is 12.0. The second-order valence-corrected chi connectivity index (χ2v) is 15.2. The van der Waals surface area contributed by atoms with E-state index in [0.717, 1.165) is 61.1 Å². The highest BCUT2D eigenvalue weighted by Gasteiger charge is 2.47. The van der Waals surface area contributed by atoms with Gasteiger partial charge in [-0.2, -0.15) is 0 Å². The minimum atomic E-state index is -3.99. The summed E-state index contributed by atoms with van der Waals surface area (Å²) in [7, 11) is -3.99. The molecule has 1 aliphatic heterocycles. The molecule has 0 saturated heterocycles. The minimum absolute atomic E-state index is 0.226. The fourth-order valence-electron chi connectivity index (χ4n) is 7.56. The zero-order valence-electron chi connectivity index (χ0n) is 27.9. The van der Waals surface area contributed by atoms with Crippen LogP contribution in [0.1, 0.15) is 0 Å². The van der Waals surface area contributed by atoms with Gasteiger partial charge in [0.05, 0.1) is 22.0 Å². The van der Waals surface area contributed by atoms with Gasteiger partial charge >= 0.3 is 0 Å². The first-order valence-electron chi connectivity index (χ1n) is 17.2. The molecule has 0 spiro atoms. The van der Waals surface area contributed by atoms with Crippen LogP contribution in [0.2, 0.25) is 0 Å². The van der Waals surface area contributed by atoms with Crippen LogP contribution in [-0.4, -0.2) is 19.5 Å². The maximum atomic E-state index is 17.3. The number of fused-ring (bicyclic) bond motifs is 7. The molecule has 246 valence electrons. The lowest BCUT2D eigenvalue weighted by atomic mass is 10.00. The highest BCUT2D eigenvalue weighted by Crippen LogP contribution is 2.62. The lowest BCUT2D eigenvalue weighted by molar-refractivity contribution is 0.585. The molecule has 7 heteroatoms. The lowest BCUT2D eigenvalue weighted by Crippen LogP contribution is -2.37. The Balaban J connectivity index is 1.40. The lowest BCUT2D eigenvalue weighted by Gasteiger charge is -2.39. The van der Waals surface area contributed by atoms with Crippen molar-refractivity contribution in [3.05, 3.63) is 182 Å². The molecule has 52 heavy (non-hydrogen) atoms. The molecule has 2 aromatic heterocycles. The molecule has 9 aromatic rings. The van der Waals surface area contributed by atoms with Crippen molar-refractivity contribution in [1.82, 2.24) is 19.5 Å². The molecule has 7 aromatic carbocycles. The van der Waals surface area contributed by atoms with Crippen molar-refractivity contribution >= 4 is 51.3 Å². The van der Waals surface area contributed by atoms with Crippen molar-refractivity contribution in [2.75, 3.05) is 4.67 Å². The predicted octanol–water partition coefficient (Wildman–Crippen LogP) is 10.4. The quantitative estimate of drug-likeness (QED) is 0.169. The fourth-order valence-corrected chi connectivity index (χ4v) is 10.6. The third kappa shape index (κ3) is 4.58. The Morgan fingerprint density at radius 1 is 0.442 bits per heavy atom. The first-order chi connectivity index (χ1) is 25.7. The number of nitrogens with zero attached hydrogens (tertiary/aromatic N) is 5. The van der Waals surface area contributed by atoms with Gasteiger partial charge < -0.3 is 4.57 Å². The van der Waals surface area contributed by atoms with Gasteiger partial charge in [0.1, 0.15) is 0 Å². The van der Waals surface area contributed by atoms with Crippen molar-refractivity contribution in [1.29, 1.82) is 0 Å². The average molecular weight is 688 g/mol. The van der Waals surface area contributed by atoms with Crippen LogP contribution in [-0.2, 0) is 4.57 Å². The van der Waals surface area contributed by atoms with Gasteiger partial charge in [0.25, 0.3) is 7.29 Å². The highest BCUT2D eigenvalue weighted by molar-refractivity contribution is 7.81. The number of hydrogen-bond acceptors (Lipinski definition) is 4. The van der Waals surface area contributed by atoms with E-state index in [2.05, 4.69) is 59.2 Å². The first kappa shape index (κ1) is 30.2. The van der Waals surface area contributed by atoms with Gasteiger partial charge in [-0.25, -0.2) is 15.0 Å². The molecule has 1 unspecified atom stereocenters. The summed E-state index contributed by atoms with van der Waals surface area (Å²) >= 11 is 0. The molecular weight excluding hydrogens is 658 g/mol. The largest absolute Gasteiger partial charge is 0.309 e. The zero-order valence-corrected chi connectivity index (χ0v) is 28.8. The summed E-state index contributed by atoms with van der Waals surface area (Å²) in [4.78, 5) is 15.4. The van der Waals surface area contributed by atoms with Crippen LogP contribution < -0.4 is 15.5 Å². The third-order valence-electron chi connectivity index (χ3n) is 9.79. The predicted molar refractivity (Wildman–Crippen MR) is 212 cm³/mol. The van der Waals surface area contributed by atoms with Gasteiger partial charge in [-0.05, 0) is 48.0 Å². The van der Waals surface area contributed by atoms with Crippen LogP contribution in [0.5, 0.6) is 0 Å². The Bertz CT molecular complexity index is 2760. The smallest absolute Gasteiger partial charge is 0.271 e. The van der Waals surface area contributed by atoms with Crippen molar-refractivity contribution in [2.24, 2.45) is 0 Å². The van der Waals surface area contributed by atoms with E-state index in [9.17, 15) is 0 Å². The van der Waals surface area contributed by atoms with Gasteiger partial charge in [-0.15, -0.1) is 0 Å². The van der Waals surface area contributed by atoms with E-state index in [1.165, 1.54) is 0 Å². The highest BCUT2D eigenvalue weighted by atomic mass is 31.2. The van der Waals surface area contributed by atoms with Crippen LogP contribution in [0, 0.1) is 0 Å². The molecule has 0 N–H and O–H groups in total. The number of aromatic nitrogens is 4. The molecule has 0 aliphatic carbocycles. The second-order valence-electron chi connectivity index (χ2n) is 12.8. The first-order valence-corrected chi connectivity index (χ1v) is 18.9. The van der Waals surface area contributed by atoms with Crippen molar-refractivity contribution < 1.29 is 4.57 Å². The van der Waals surface area contributed by atoms with Gasteiger partial charge in [0.15, 0.2) is 11.6 Å². The van der Waals surface area contributed by atoms with Crippen LogP contribution in [0.3, 0.4) is 0 Å². The van der Waals surface area contributed by atoms with Crippen LogP contribution in [0.4, 0.5) is 11.4 Å². The summed E-state index contributed by atoms with van der Waals surface area (Å²) in [6.07, 6.45) is 0. The monoisotopic (exact) mass is 687 g/mol. The molecule has 1 atom stereocenters. The van der Waals surface area contributed by atoms with E-state index in [0.29, 0.717) is 17.0 Å². The van der Waals surface area contributed by atoms with E-state index in [4.69, 9.17) is 15.0 Å². The summed E-state index contributed by atoms with van der Waals surface area (Å²) in [5.41, 5.74) is 8.38. The molecule has 0 amide bonds. The SMILES string of the molecule is O=P1(c2nc(-c3ccccc3)nc(-c3ccccc3)n2)c2c(ccc3c2c2ccccc2n3-c2ccccc2)-c2ccccc2N1c1ccccc1. The molecule has 0 saturated carbocycles. The zero-order chi connectivity index (χ0) is 34.6. The van der Waals surface area contributed by atoms with Crippen molar-refractivity contribution in [3.8, 4) is 39.6 Å². The van der Waals surface area contributed by atoms with Crippen molar-refractivity contribution in [2.45, 2.75) is 0 Å². The standard InChI is InChI=1S/C45H30N5OP/c51-52(45-47-43(31-17-5-1-6-18-31)46-44(48-45)32-19-7-2-8-20-32)42-36(35-25-13-16-28-39(35)50(52)34-23-11-4-12-24-34)29-30-40-41(42)37-26-14-15-27-38(37)49(40)33-21-9-3-10-22-33/h1-30H. The maximum absolute atomic E-state index is 17.3. The Morgan fingerprint density at radius 3 is 1.63 bits per heavy atom. The normalized spacial score (nSPS) is 15.0. The third-order valence-corrected chi connectivity index (χ3v) is 12.6. The Hall–Kier alpha value is -6.62. The molecule has 0 fully saturated rings. The van der Waals surface area contributed by atoms with E-state index < -0.39 is 7.29 Å². The van der Waals surface area contributed by atoms with Gasteiger partial charge in [-0.3, -0.25) is 9.24 Å². The molecule has 10 rings (SSSR count). The molecule has 3 heterocycles. The van der Waals surface area contributed by atoms with Gasteiger partial charge in [0.2, 0.25) is 5.57 Å². The summed E-state index contributed by atoms with van der Waals surface area (Å²) in [6.45, 7) is 0. The van der Waals surface area contributed by atoms with Crippen LogP contribution in [0.15, 0.2) is 182 Å². The van der Waals surface area contributed by atoms with Gasteiger partial charge in [0, 0.05) is 38.8 Å². The summed E-state index contributed by atoms with van der Waals surface area (Å²) < 4.78 is 21.5. The van der Waals surface area contributed by atoms with E-state index in [1.807, 2.05) is 132 Å². The topological polar surface area (TPSA) is 63.9 Å². The molecule has 0 radical (unpaired) electrons.